The van der Waals surface area contributed by atoms with Crippen LogP contribution in [0.4, 0.5) is 17.2 Å². The first-order valence-electron chi connectivity index (χ1n) is 11.4. The molecule has 34 heavy (non-hydrogen) atoms. The van der Waals surface area contributed by atoms with Crippen LogP contribution in [0.5, 0.6) is 0 Å². The fourth-order valence-electron chi connectivity index (χ4n) is 3.74. The van der Waals surface area contributed by atoms with Crippen LogP contribution >= 0.6 is 0 Å². The van der Waals surface area contributed by atoms with Gasteiger partial charge in [0.2, 0.25) is 0 Å². The summed E-state index contributed by atoms with van der Waals surface area (Å²) in [7, 11) is 0. The van der Waals surface area contributed by atoms with Crippen LogP contribution in [-0.4, -0.2) is 16.7 Å². The Kier molecular flexibility index (Phi) is 6.83. The summed E-state index contributed by atoms with van der Waals surface area (Å²) >= 11 is 0. The van der Waals surface area contributed by atoms with E-state index in [1.807, 2.05) is 60.7 Å². The monoisotopic (exact) mass is 451 g/mol. The minimum Gasteiger partial charge on any atom is -0.338 e. The molecule has 1 aliphatic heterocycles. The minimum absolute atomic E-state index is 0. The Hall–Kier alpha value is -4.25. The number of nitrogens with zero attached hydrogens (tertiary/aromatic N) is 2. The lowest BCUT2D eigenvalue weighted by Gasteiger charge is -2.25. The van der Waals surface area contributed by atoms with Gasteiger partial charge in [0.05, 0.1) is 11.4 Å². The number of rotatable bonds is 2. The molecule has 0 atom stereocenters. The molecule has 0 amide bonds. The minimum atomic E-state index is 0. The number of hydrogen-bond donors (Lipinski definition) is 3. The van der Waals surface area contributed by atoms with E-state index in [4.69, 9.17) is 10.8 Å². The van der Waals surface area contributed by atoms with Crippen molar-refractivity contribution in [2.75, 3.05) is 10.2 Å². The first-order chi connectivity index (χ1) is 16.5. The fraction of sp³-hybridized carbons (Fsp3) is 0.138. The van der Waals surface area contributed by atoms with Crippen LogP contribution in [-0.2, 0) is 6.42 Å². The quantitative estimate of drug-likeness (QED) is 0.220. The van der Waals surface area contributed by atoms with Crippen LogP contribution in [0.3, 0.4) is 0 Å². The number of nitrogens with one attached hydrogen (secondary N) is 3. The summed E-state index contributed by atoms with van der Waals surface area (Å²) < 4.78 is 0. The summed E-state index contributed by atoms with van der Waals surface area (Å²) in [5.41, 5.74) is 6.89. The molecule has 5 nitrogen and oxygen atoms in total. The molecule has 0 bridgehead atoms. The zero-order valence-electron chi connectivity index (χ0n) is 19.8. The van der Waals surface area contributed by atoms with Crippen molar-refractivity contribution in [1.29, 1.82) is 10.8 Å². The largest absolute Gasteiger partial charge is 0.338 e. The first kappa shape index (κ1) is 22.9. The van der Waals surface area contributed by atoms with Gasteiger partial charge in [-0.1, -0.05) is 78.7 Å². The van der Waals surface area contributed by atoms with Gasteiger partial charge in [0.15, 0.2) is 5.82 Å². The van der Waals surface area contributed by atoms with E-state index in [1.54, 1.807) is 11.1 Å². The molecule has 0 unspecified atom stereocenters. The van der Waals surface area contributed by atoms with Crippen molar-refractivity contribution < 1.29 is 2.85 Å². The third-order valence-corrected chi connectivity index (χ3v) is 5.76. The van der Waals surface area contributed by atoms with E-state index in [1.165, 1.54) is 16.7 Å². The molecule has 3 aromatic carbocycles. The van der Waals surface area contributed by atoms with Crippen LogP contribution in [0.25, 0.3) is 0 Å². The number of para-hydroxylation sites is 1. The Labute approximate surface area is 204 Å². The summed E-state index contributed by atoms with van der Waals surface area (Å²) in [5.74, 6) is 1.15. The molecule has 3 N–H and O–H groups in total. The van der Waals surface area contributed by atoms with Gasteiger partial charge in [-0.25, -0.2) is 4.98 Å². The molecule has 0 fully saturated rings. The number of hydrogen-bond acceptors (Lipinski definition) is 4. The van der Waals surface area contributed by atoms with Gasteiger partial charge in [0.1, 0.15) is 11.7 Å². The van der Waals surface area contributed by atoms with E-state index in [0.717, 1.165) is 23.2 Å². The highest BCUT2D eigenvalue weighted by Gasteiger charge is 2.28. The standard InChI is InChI=1S/C21H19N5.C8H10.2H2/c1-2-14-9-11-15(12-10-14)19(22)26-18-8-5-13-24-21(18)25-17-7-4-3-6-16(17)20(26)23;1-7-3-5-8(2)6-4-7;;/h3-13,22-23H,2H2,1H3,(H,24,25);3-6H,1-2H3;2*1H. The normalized spacial score (nSPS) is 11.9. The number of pyridine rings is 1. The lowest BCUT2D eigenvalue weighted by atomic mass is 10.1. The molecule has 0 saturated carbocycles. The number of benzene rings is 3. The lowest BCUT2D eigenvalue weighted by Crippen LogP contribution is -2.36. The van der Waals surface area contributed by atoms with Gasteiger partial charge in [0.25, 0.3) is 0 Å². The van der Waals surface area contributed by atoms with Crippen LogP contribution in [0.2, 0.25) is 0 Å². The second kappa shape index (κ2) is 10.1. The maximum absolute atomic E-state index is 8.78. The van der Waals surface area contributed by atoms with Gasteiger partial charge >= 0.3 is 0 Å². The summed E-state index contributed by atoms with van der Waals surface area (Å²) in [6.45, 7) is 6.30. The summed E-state index contributed by atoms with van der Waals surface area (Å²) in [5, 5.41) is 20.9. The molecule has 0 spiro atoms. The Balaban J connectivity index is 0.000000393. The van der Waals surface area contributed by atoms with Gasteiger partial charge < -0.3 is 5.32 Å². The molecule has 1 aromatic heterocycles. The average molecular weight is 452 g/mol. The van der Waals surface area contributed by atoms with Crippen molar-refractivity contribution in [3.05, 3.63) is 119 Å². The highest BCUT2D eigenvalue weighted by molar-refractivity contribution is 6.30. The Morgan fingerprint density at radius 1 is 0.882 bits per heavy atom. The highest BCUT2D eigenvalue weighted by Crippen LogP contribution is 2.34. The van der Waals surface area contributed by atoms with E-state index < -0.39 is 0 Å². The molecule has 5 rings (SSSR count). The van der Waals surface area contributed by atoms with Gasteiger partial charge in [-0.2, -0.15) is 0 Å². The Morgan fingerprint density at radius 2 is 1.53 bits per heavy atom. The lowest BCUT2D eigenvalue weighted by molar-refractivity contribution is 1.14. The number of fused-ring (bicyclic) bond motifs is 2. The molecule has 2 heterocycles. The smallest absolute Gasteiger partial charge is 0.154 e. The van der Waals surface area contributed by atoms with Crippen molar-refractivity contribution >= 4 is 28.9 Å². The zero-order chi connectivity index (χ0) is 24.1. The van der Waals surface area contributed by atoms with Crippen molar-refractivity contribution in [1.82, 2.24) is 4.98 Å². The molecular weight excluding hydrogens is 418 g/mol. The molecule has 1 aliphatic rings. The van der Waals surface area contributed by atoms with Crippen LogP contribution in [0.1, 0.15) is 37.6 Å². The Morgan fingerprint density at radius 3 is 2.18 bits per heavy atom. The maximum atomic E-state index is 8.78. The second-order valence-electron chi connectivity index (χ2n) is 8.28. The summed E-state index contributed by atoms with van der Waals surface area (Å²) in [6.07, 6.45) is 2.67. The van der Waals surface area contributed by atoms with E-state index in [0.29, 0.717) is 11.5 Å². The summed E-state index contributed by atoms with van der Waals surface area (Å²) in [6, 6.07) is 27.8. The zero-order valence-corrected chi connectivity index (χ0v) is 19.8. The highest BCUT2D eigenvalue weighted by atomic mass is 15.2. The molecule has 174 valence electrons. The molecule has 0 aliphatic carbocycles. The molecule has 5 heteroatoms. The number of aromatic nitrogens is 1. The Bertz CT molecular complexity index is 1300. The maximum Gasteiger partial charge on any atom is 0.154 e. The third-order valence-electron chi connectivity index (χ3n) is 5.76. The first-order valence-corrected chi connectivity index (χ1v) is 11.4. The molecule has 4 aromatic rings. The third kappa shape index (κ3) is 4.89. The van der Waals surface area contributed by atoms with Gasteiger partial charge in [-0.3, -0.25) is 15.7 Å². The van der Waals surface area contributed by atoms with E-state index in [9.17, 15) is 0 Å². The van der Waals surface area contributed by atoms with Gasteiger partial charge in [-0.15, -0.1) is 0 Å². The van der Waals surface area contributed by atoms with Crippen molar-refractivity contribution in [2.45, 2.75) is 27.2 Å². The number of anilines is 3. The number of amidine groups is 2. The van der Waals surface area contributed by atoms with E-state index >= 15 is 0 Å². The van der Waals surface area contributed by atoms with Crippen LogP contribution in [0, 0.1) is 24.7 Å². The average Bonchev–Trinajstić information content (AvgIpc) is 2.99. The summed E-state index contributed by atoms with van der Waals surface area (Å²) in [4.78, 5) is 6.06. The van der Waals surface area contributed by atoms with Crippen molar-refractivity contribution in [3.8, 4) is 0 Å². The van der Waals surface area contributed by atoms with Crippen molar-refractivity contribution in [2.24, 2.45) is 0 Å². The van der Waals surface area contributed by atoms with E-state index in [-0.39, 0.29) is 14.5 Å². The molecule has 0 saturated heterocycles. The van der Waals surface area contributed by atoms with Gasteiger partial charge in [-0.05, 0) is 50.1 Å². The topological polar surface area (TPSA) is 75.9 Å². The van der Waals surface area contributed by atoms with Crippen LogP contribution < -0.4 is 10.2 Å². The predicted molar refractivity (Wildman–Crippen MR) is 146 cm³/mol. The van der Waals surface area contributed by atoms with E-state index in [2.05, 4.69) is 55.3 Å². The van der Waals surface area contributed by atoms with Crippen molar-refractivity contribution in [3.63, 3.8) is 0 Å². The molecule has 0 radical (unpaired) electrons. The van der Waals surface area contributed by atoms with Crippen LogP contribution in [0.15, 0.2) is 91.1 Å². The molecular formula is C29H33N5. The second-order valence-corrected chi connectivity index (χ2v) is 8.28. The fourth-order valence-corrected chi connectivity index (χ4v) is 3.74. The SMILES string of the molecule is CCc1ccc(C(=N)N2C(=N)c3ccccc3Nc3ncccc32)cc1.Cc1ccc(C)cc1.[HH].[HH]. The van der Waals surface area contributed by atoms with Gasteiger partial charge in [0, 0.05) is 20.2 Å². The number of aryl methyl sites for hydroxylation is 3. The predicted octanol–water partition coefficient (Wildman–Crippen LogP) is 7.35.